The highest BCUT2D eigenvalue weighted by atomic mass is 16.6. The fraction of sp³-hybridized carbons (Fsp3) is 0.345. The van der Waals surface area contributed by atoms with Crippen molar-refractivity contribution in [2.75, 3.05) is 13.1 Å². The van der Waals surface area contributed by atoms with Crippen molar-refractivity contribution in [3.05, 3.63) is 86.3 Å². The zero-order chi connectivity index (χ0) is 27.1. The Bertz CT molecular complexity index is 1710. The lowest BCUT2D eigenvalue weighted by molar-refractivity contribution is -0.401. The van der Waals surface area contributed by atoms with Crippen molar-refractivity contribution in [2.24, 2.45) is 5.92 Å². The topological polar surface area (TPSA) is 123 Å². The first-order valence-electron chi connectivity index (χ1n) is 13.3. The molecular formula is C29H30N6O4. The first-order chi connectivity index (χ1) is 18.9. The van der Waals surface area contributed by atoms with E-state index in [0.29, 0.717) is 46.2 Å². The van der Waals surface area contributed by atoms with Crippen molar-refractivity contribution in [1.29, 1.82) is 0 Å². The Labute approximate surface area is 224 Å². The molecule has 0 atom stereocenters. The molecule has 3 aromatic heterocycles. The molecule has 0 radical (unpaired) electrons. The highest BCUT2D eigenvalue weighted by Crippen LogP contribution is 2.36. The van der Waals surface area contributed by atoms with Crippen molar-refractivity contribution in [2.45, 2.75) is 45.7 Å². The number of imidazole rings is 1. The maximum absolute atomic E-state index is 12.6. The highest BCUT2D eigenvalue weighted by molar-refractivity contribution is 5.93. The summed E-state index contributed by atoms with van der Waals surface area (Å²) in [5, 5.41) is 11.3. The van der Waals surface area contributed by atoms with Gasteiger partial charge in [-0.05, 0) is 48.9 Å². The summed E-state index contributed by atoms with van der Waals surface area (Å²) < 4.78 is 7.75. The second-order valence-corrected chi connectivity index (χ2v) is 10.7. The number of H-pyrrole nitrogens is 1. The van der Waals surface area contributed by atoms with E-state index in [-0.39, 0.29) is 17.5 Å². The molecular weight excluding hydrogens is 496 g/mol. The van der Waals surface area contributed by atoms with Gasteiger partial charge in [0.25, 0.3) is 5.56 Å². The third-order valence-corrected chi connectivity index (χ3v) is 7.34. The van der Waals surface area contributed by atoms with E-state index in [1.165, 1.54) is 11.6 Å². The van der Waals surface area contributed by atoms with Gasteiger partial charge in [0.1, 0.15) is 10.6 Å². The van der Waals surface area contributed by atoms with Gasteiger partial charge in [-0.2, -0.15) is 0 Å². The molecule has 6 rings (SSSR count). The summed E-state index contributed by atoms with van der Waals surface area (Å²) in [6.45, 7) is 6.84. The lowest BCUT2D eigenvalue weighted by Gasteiger charge is -2.33. The van der Waals surface area contributed by atoms with Gasteiger partial charge in [-0.25, -0.2) is 9.97 Å². The van der Waals surface area contributed by atoms with Crippen LogP contribution in [0.5, 0.6) is 0 Å². The van der Waals surface area contributed by atoms with Gasteiger partial charge in [0.2, 0.25) is 0 Å². The Morgan fingerprint density at radius 1 is 1.08 bits per heavy atom. The number of fused-ring (bicyclic) bond motifs is 2. The maximum Gasteiger partial charge on any atom is 0.433 e. The van der Waals surface area contributed by atoms with Crippen LogP contribution in [0.3, 0.4) is 0 Å². The molecule has 4 heterocycles. The number of aromatic nitrogens is 4. The molecule has 0 saturated carbocycles. The van der Waals surface area contributed by atoms with Gasteiger partial charge in [0, 0.05) is 25.7 Å². The van der Waals surface area contributed by atoms with Crippen molar-refractivity contribution in [3.8, 4) is 11.6 Å². The molecule has 0 amide bonds. The summed E-state index contributed by atoms with van der Waals surface area (Å²) in [4.78, 5) is 38.4. The van der Waals surface area contributed by atoms with Crippen LogP contribution < -0.4 is 5.56 Å². The van der Waals surface area contributed by atoms with Gasteiger partial charge in [-0.3, -0.25) is 19.8 Å². The molecule has 10 heteroatoms. The van der Waals surface area contributed by atoms with Crippen LogP contribution in [-0.2, 0) is 13.0 Å². The number of likely N-dealkylation sites (tertiary alicyclic amines) is 1. The fourth-order valence-electron chi connectivity index (χ4n) is 5.51. The van der Waals surface area contributed by atoms with Crippen LogP contribution in [0.25, 0.3) is 33.7 Å². The fourth-order valence-corrected chi connectivity index (χ4v) is 5.51. The Balaban J connectivity index is 1.41. The quantitative estimate of drug-likeness (QED) is 0.220. The number of nitrogens with one attached hydrogen (secondary N) is 1. The normalized spacial score (nSPS) is 15.1. The molecule has 39 heavy (non-hydrogen) atoms. The zero-order valence-corrected chi connectivity index (χ0v) is 22.0. The smallest absolute Gasteiger partial charge is 0.397 e. The highest BCUT2D eigenvalue weighted by Gasteiger charge is 2.28. The van der Waals surface area contributed by atoms with Crippen LogP contribution in [0, 0.1) is 16.0 Å². The molecule has 1 N–H and O–H groups in total. The van der Waals surface area contributed by atoms with Crippen LogP contribution in [0.4, 0.5) is 5.88 Å². The van der Waals surface area contributed by atoms with E-state index in [4.69, 9.17) is 14.4 Å². The monoisotopic (exact) mass is 526 g/mol. The van der Waals surface area contributed by atoms with Crippen LogP contribution in [-0.4, -0.2) is 42.4 Å². The van der Waals surface area contributed by atoms with E-state index < -0.39 is 4.92 Å². The largest absolute Gasteiger partial charge is 0.433 e. The average Bonchev–Trinajstić information content (AvgIpc) is 3.54. The SMILES string of the molecule is CC(C)Cc1nc2cc3c(cc2[nH]c1=O)nc(-c1ccc([N+](=O)[O-])o1)n3C1CCN(Cc2ccccc2)CC1. The Morgan fingerprint density at radius 2 is 1.85 bits per heavy atom. The minimum absolute atomic E-state index is 0.122. The number of nitro groups is 1. The van der Waals surface area contributed by atoms with E-state index in [9.17, 15) is 14.9 Å². The van der Waals surface area contributed by atoms with Crippen molar-refractivity contribution < 1.29 is 9.34 Å². The lowest BCUT2D eigenvalue weighted by Crippen LogP contribution is -2.34. The second-order valence-electron chi connectivity index (χ2n) is 10.7. The number of rotatable bonds is 7. The predicted octanol–water partition coefficient (Wildman–Crippen LogP) is 5.48. The van der Waals surface area contributed by atoms with Gasteiger partial charge in [0.15, 0.2) is 11.6 Å². The lowest BCUT2D eigenvalue weighted by atomic mass is 10.0. The van der Waals surface area contributed by atoms with Crippen LogP contribution >= 0.6 is 0 Å². The molecule has 10 nitrogen and oxygen atoms in total. The molecule has 2 aromatic carbocycles. The molecule has 1 aliphatic rings. The van der Waals surface area contributed by atoms with Crippen molar-refractivity contribution in [1.82, 2.24) is 24.4 Å². The van der Waals surface area contributed by atoms with E-state index >= 15 is 0 Å². The van der Waals surface area contributed by atoms with Gasteiger partial charge < -0.3 is 14.0 Å². The first kappa shape index (κ1) is 25.0. The number of benzene rings is 2. The Hall–Kier alpha value is -4.31. The summed E-state index contributed by atoms with van der Waals surface area (Å²) in [6.07, 6.45) is 2.37. The molecule has 0 spiro atoms. The summed E-state index contributed by atoms with van der Waals surface area (Å²) in [5.41, 5.74) is 4.46. The molecule has 0 unspecified atom stereocenters. The van der Waals surface area contributed by atoms with E-state index in [1.54, 1.807) is 6.07 Å². The van der Waals surface area contributed by atoms with Gasteiger partial charge in [-0.15, -0.1) is 0 Å². The second kappa shape index (κ2) is 10.1. The van der Waals surface area contributed by atoms with E-state index in [1.807, 2.05) is 18.2 Å². The summed E-state index contributed by atoms with van der Waals surface area (Å²) in [6, 6.07) is 17.3. The van der Waals surface area contributed by atoms with Gasteiger partial charge in [-0.1, -0.05) is 44.2 Å². The van der Waals surface area contributed by atoms with Crippen molar-refractivity contribution in [3.63, 3.8) is 0 Å². The Kier molecular flexibility index (Phi) is 6.48. The van der Waals surface area contributed by atoms with Crippen molar-refractivity contribution >= 4 is 28.0 Å². The number of aromatic amines is 1. The van der Waals surface area contributed by atoms with E-state index in [0.717, 1.165) is 38.0 Å². The average molecular weight is 527 g/mol. The number of hydrogen-bond acceptors (Lipinski definition) is 7. The standard InChI is InChI=1S/C29H30N6O4/c1-18(2)14-24-29(36)32-21-15-23-25(16-22(21)30-24)34(28(31-23)26-8-9-27(39-26)35(37)38)20-10-12-33(13-11-20)17-19-6-4-3-5-7-19/h3-9,15-16,18,20H,10-14,17H2,1-2H3,(H,32,36). The first-order valence-corrected chi connectivity index (χ1v) is 13.3. The predicted molar refractivity (Wildman–Crippen MR) is 149 cm³/mol. The number of furan rings is 1. The number of hydrogen-bond donors (Lipinski definition) is 1. The number of nitrogens with zero attached hydrogens (tertiary/aromatic N) is 5. The van der Waals surface area contributed by atoms with Gasteiger partial charge >= 0.3 is 5.88 Å². The number of piperidine rings is 1. The Morgan fingerprint density at radius 3 is 2.54 bits per heavy atom. The molecule has 1 aliphatic heterocycles. The van der Waals surface area contributed by atoms with Crippen LogP contribution in [0.15, 0.2) is 63.8 Å². The summed E-state index contributed by atoms with van der Waals surface area (Å²) in [5.74, 6) is 0.860. The van der Waals surface area contributed by atoms with Crippen LogP contribution in [0.1, 0.15) is 44.0 Å². The van der Waals surface area contributed by atoms with Gasteiger partial charge in [0.05, 0.1) is 28.1 Å². The molecule has 1 fully saturated rings. The van der Waals surface area contributed by atoms with E-state index in [2.05, 4.69) is 52.6 Å². The minimum Gasteiger partial charge on any atom is -0.397 e. The summed E-state index contributed by atoms with van der Waals surface area (Å²) >= 11 is 0. The molecule has 0 aliphatic carbocycles. The molecule has 0 bridgehead atoms. The molecule has 5 aromatic rings. The third-order valence-electron chi connectivity index (χ3n) is 7.34. The third kappa shape index (κ3) is 4.95. The summed E-state index contributed by atoms with van der Waals surface area (Å²) in [7, 11) is 0. The minimum atomic E-state index is -0.544. The van der Waals surface area contributed by atoms with Crippen LogP contribution in [0.2, 0.25) is 0 Å². The molecule has 200 valence electrons. The maximum atomic E-state index is 12.6. The zero-order valence-electron chi connectivity index (χ0n) is 22.0. The molecule has 1 saturated heterocycles.